The Morgan fingerprint density at radius 1 is 1.33 bits per heavy atom. The van der Waals surface area contributed by atoms with E-state index in [0.29, 0.717) is 18.2 Å². The molecule has 1 saturated carbocycles. The molecule has 0 radical (unpaired) electrons. The summed E-state index contributed by atoms with van der Waals surface area (Å²) in [6.45, 7) is 4.53. The van der Waals surface area contributed by atoms with Crippen LogP contribution in [0.25, 0.3) is 0 Å². The van der Waals surface area contributed by atoms with E-state index >= 15 is 0 Å². The summed E-state index contributed by atoms with van der Waals surface area (Å²) in [7, 11) is -0.259. The maximum atomic E-state index is 12.6. The SMILES string of the molecule is CNCc1ccc(S(=O)(=O)NC(C)(C)C2CC2)c(OC)c1. The smallest absolute Gasteiger partial charge is 0.244 e. The number of sulfonamides is 1. The Hall–Kier alpha value is -1.11. The Morgan fingerprint density at radius 2 is 2.00 bits per heavy atom. The van der Waals surface area contributed by atoms with Crippen LogP contribution in [0.4, 0.5) is 0 Å². The summed E-state index contributed by atoms with van der Waals surface area (Å²) in [6.07, 6.45) is 2.15. The van der Waals surface area contributed by atoms with E-state index in [0.717, 1.165) is 18.4 Å². The Kier molecular flexibility index (Phi) is 4.60. The van der Waals surface area contributed by atoms with E-state index in [9.17, 15) is 8.42 Å². The molecule has 0 amide bonds. The Labute approximate surface area is 127 Å². The van der Waals surface area contributed by atoms with Gasteiger partial charge in [-0.2, -0.15) is 0 Å². The topological polar surface area (TPSA) is 67.4 Å². The molecule has 21 heavy (non-hydrogen) atoms. The van der Waals surface area contributed by atoms with E-state index in [4.69, 9.17) is 4.74 Å². The van der Waals surface area contributed by atoms with E-state index in [1.807, 2.05) is 20.9 Å². The van der Waals surface area contributed by atoms with Crippen LogP contribution in [-0.2, 0) is 16.6 Å². The number of benzene rings is 1. The van der Waals surface area contributed by atoms with Crippen LogP contribution < -0.4 is 14.8 Å². The van der Waals surface area contributed by atoms with Crippen molar-refractivity contribution in [3.05, 3.63) is 23.8 Å². The molecule has 6 heteroatoms. The van der Waals surface area contributed by atoms with Crippen LogP contribution in [0, 0.1) is 5.92 Å². The summed E-state index contributed by atoms with van der Waals surface area (Å²) in [5, 5.41) is 3.03. The molecule has 0 unspecified atom stereocenters. The van der Waals surface area contributed by atoms with E-state index in [1.54, 1.807) is 18.2 Å². The molecule has 0 heterocycles. The second-order valence-electron chi connectivity index (χ2n) is 6.12. The molecule has 1 aliphatic rings. The summed E-state index contributed by atoms with van der Waals surface area (Å²) in [5.74, 6) is 0.795. The average molecular weight is 312 g/mol. The molecule has 0 bridgehead atoms. The highest BCUT2D eigenvalue weighted by atomic mass is 32.2. The number of ether oxygens (including phenoxy) is 1. The predicted octanol–water partition coefficient (Wildman–Crippen LogP) is 1.88. The molecule has 0 saturated heterocycles. The van der Waals surface area contributed by atoms with Gasteiger partial charge in [-0.3, -0.25) is 0 Å². The van der Waals surface area contributed by atoms with Crippen LogP contribution in [0.5, 0.6) is 5.75 Å². The zero-order valence-corrected chi connectivity index (χ0v) is 13.9. The highest BCUT2D eigenvalue weighted by molar-refractivity contribution is 7.89. The van der Waals surface area contributed by atoms with Crippen molar-refractivity contribution in [2.24, 2.45) is 5.92 Å². The minimum atomic E-state index is -3.59. The third-order valence-corrected chi connectivity index (χ3v) is 5.60. The van der Waals surface area contributed by atoms with Crippen molar-refractivity contribution in [1.82, 2.24) is 10.0 Å². The highest BCUT2D eigenvalue weighted by Crippen LogP contribution is 2.40. The van der Waals surface area contributed by atoms with Crippen molar-refractivity contribution in [2.75, 3.05) is 14.2 Å². The van der Waals surface area contributed by atoms with Crippen LogP contribution in [0.3, 0.4) is 0 Å². The minimum absolute atomic E-state index is 0.193. The van der Waals surface area contributed by atoms with Gasteiger partial charge in [-0.15, -0.1) is 0 Å². The van der Waals surface area contributed by atoms with Gasteiger partial charge in [0.05, 0.1) is 7.11 Å². The van der Waals surface area contributed by atoms with Gasteiger partial charge in [-0.05, 0) is 57.4 Å². The van der Waals surface area contributed by atoms with Crippen LogP contribution in [0.15, 0.2) is 23.1 Å². The van der Waals surface area contributed by atoms with Gasteiger partial charge in [0.25, 0.3) is 0 Å². The Morgan fingerprint density at radius 3 is 2.52 bits per heavy atom. The number of rotatable bonds is 7. The maximum Gasteiger partial charge on any atom is 0.244 e. The fourth-order valence-electron chi connectivity index (χ4n) is 2.54. The van der Waals surface area contributed by atoms with Crippen LogP contribution >= 0.6 is 0 Å². The third kappa shape index (κ3) is 3.75. The molecule has 0 aromatic heterocycles. The molecule has 0 spiro atoms. The Balaban J connectivity index is 2.30. The number of hydrogen-bond donors (Lipinski definition) is 2. The summed E-state index contributed by atoms with van der Waals surface area (Å²) < 4.78 is 33.3. The van der Waals surface area contributed by atoms with Gasteiger partial charge in [-0.25, -0.2) is 13.1 Å². The quantitative estimate of drug-likeness (QED) is 0.807. The summed E-state index contributed by atoms with van der Waals surface area (Å²) in [4.78, 5) is 0.193. The van der Waals surface area contributed by atoms with Crippen LogP contribution in [0.1, 0.15) is 32.3 Å². The minimum Gasteiger partial charge on any atom is -0.495 e. The summed E-state index contributed by atoms with van der Waals surface area (Å²) in [6, 6.07) is 5.17. The van der Waals surface area contributed by atoms with Crippen molar-refractivity contribution < 1.29 is 13.2 Å². The molecule has 1 aliphatic carbocycles. The summed E-state index contributed by atoms with van der Waals surface area (Å²) in [5.41, 5.74) is 0.558. The average Bonchev–Trinajstić information content (AvgIpc) is 3.22. The normalized spacial score (nSPS) is 16.0. The van der Waals surface area contributed by atoms with Gasteiger partial charge in [0.2, 0.25) is 10.0 Å². The zero-order chi connectivity index (χ0) is 15.7. The van der Waals surface area contributed by atoms with Gasteiger partial charge in [0, 0.05) is 12.1 Å². The molecule has 118 valence electrons. The van der Waals surface area contributed by atoms with E-state index in [-0.39, 0.29) is 4.90 Å². The first-order valence-corrected chi connectivity index (χ1v) is 8.64. The molecule has 1 aromatic carbocycles. The van der Waals surface area contributed by atoms with Gasteiger partial charge in [0.15, 0.2) is 0 Å². The molecule has 0 aliphatic heterocycles. The van der Waals surface area contributed by atoms with Crippen molar-refractivity contribution in [2.45, 2.75) is 43.7 Å². The van der Waals surface area contributed by atoms with Gasteiger partial charge >= 0.3 is 0 Å². The fraction of sp³-hybridized carbons (Fsp3) is 0.600. The number of hydrogen-bond acceptors (Lipinski definition) is 4. The molecular formula is C15H24N2O3S. The highest BCUT2D eigenvalue weighted by Gasteiger charge is 2.41. The van der Waals surface area contributed by atoms with E-state index in [2.05, 4.69) is 10.0 Å². The van der Waals surface area contributed by atoms with Crippen molar-refractivity contribution in [1.29, 1.82) is 0 Å². The first-order chi connectivity index (χ1) is 9.80. The first kappa shape index (κ1) is 16.3. The van der Waals surface area contributed by atoms with Crippen LogP contribution in [-0.4, -0.2) is 28.1 Å². The molecular weight excluding hydrogens is 288 g/mol. The molecule has 2 rings (SSSR count). The van der Waals surface area contributed by atoms with Gasteiger partial charge < -0.3 is 10.1 Å². The summed E-state index contributed by atoms with van der Waals surface area (Å²) >= 11 is 0. The third-order valence-electron chi connectivity index (χ3n) is 3.89. The number of methoxy groups -OCH3 is 1. The van der Waals surface area contributed by atoms with Crippen molar-refractivity contribution >= 4 is 10.0 Å². The maximum absolute atomic E-state index is 12.6. The molecule has 1 fully saturated rings. The first-order valence-electron chi connectivity index (χ1n) is 7.15. The predicted molar refractivity (Wildman–Crippen MR) is 82.9 cm³/mol. The lowest BCUT2D eigenvalue weighted by Gasteiger charge is -2.26. The van der Waals surface area contributed by atoms with Gasteiger partial charge in [-0.1, -0.05) is 6.07 Å². The lowest BCUT2D eigenvalue weighted by atomic mass is 10.0. The molecule has 2 N–H and O–H groups in total. The standard InChI is InChI=1S/C15H24N2O3S/c1-15(2,12-6-7-12)17-21(18,19)14-8-5-11(10-16-3)9-13(14)20-4/h5,8-9,12,16-17H,6-7,10H2,1-4H3. The number of nitrogens with one attached hydrogen (secondary N) is 2. The van der Waals surface area contributed by atoms with Gasteiger partial charge in [0.1, 0.15) is 10.6 Å². The second kappa shape index (κ2) is 5.94. The fourth-order valence-corrected chi connectivity index (χ4v) is 4.16. The zero-order valence-electron chi connectivity index (χ0n) is 13.1. The lowest BCUT2D eigenvalue weighted by Crippen LogP contribution is -2.45. The molecule has 5 nitrogen and oxygen atoms in total. The molecule has 1 aromatic rings. The largest absolute Gasteiger partial charge is 0.495 e. The second-order valence-corrected chi connectivity index (χ2v) is 7.77. The molecule has 0 atom stereocenters. The lowest BCUT2D eigenvalue weighted by molar-refractivity contribution is 0.389. The van der Waals surface area contributed by atoms with Crippen LogP contribution in [0.2, 0.25) is 0 Å². The van der Waals surface area contributed by atoms with E-state index in [1.165, 1.54) is 7.11 Å². The van der Waals surface area contributed by atoms with Crippen molar-refractivity contribution in [3.63, 3.8) is 0 Å². The Bertz CT molecular complexity index is 607. The van der Waals surface area contributed by atoms with E-state index < -0.39 is 15.6 Å². The monoisotopic (exact) mass is 312 g/mol. The van der Waals surface area contributed by atoms with Crippen molar-refractivity contribution in [3.8, 4) is 5.75 Å².